The van der Waals surface area contributed by atoms with Crippen molar-refractivity contribution in [2.24, 2.45) is 5.92 Å². The van der Waals surface area contributed by atoms with Gasteiger partial charge in [0, 0.05) is 6.04 Å². The van der Waals surface area contributed by atoms with E-state index < -0.39 is 12.0 Å². The number of carboxylic acid groups (broad SMARTS) is 1. The third kappa shape index (κ3) is 3.03. The summed E-state index contributed by atoms with van der Waals surface area (Å²) in [7, 11) is 0. The van der Waals surface area contributed by atoms with Gasteiger partial charge < -0.3 is 5.11 Å². The third-order valence-electron chi connectivity index (χ3n) is 3.14. The highest BCUT2D eigenvalue weighted by molar-refractivity contribution is 5.74. The monoisotopic (exact) mass is 237 g/mol. The first-order valence-electron chi connectivity index (χ1n) is 5.82. The van der Waals surface area contributed by atoms with E-state index in [1.807, 2.05) is 6.92 Å². The average Bonchev–Trinajstić information content (AvgIpc) is 3.09. The van der Waals surface area contributed by atoms with E-state index in [0.29, 0.717) is 0 Å². The second kappa shape index (κ2) is 4.84. The molecule has 0 radical (unpaired) electrons. The van der Waals surface area contributed by atoms with Crippen LogP contribution in [-0.4, -0.2) is 17.1 Å². The number of carbonyl (C=O) groups is 1. The molecule has 2 N–H and O–H groups in total. The largest absolute Gasteiger partial charge is 0.480 e. The van der Waals surface area contributed by atoms with Crippen molar-refractivity contribution in [2.75, 3.05) is 0 Å². The van der Waals surface area contributed by atoms with Gasteiger partial charge in [-0.1, -0.05) is 12.1 Å². The van der Waals surface area contributed by atoms with Crippen molar-refractivity contribution in [1.82, 2.24) is 5.32 Å². The predicted octanol–water partition coefficient (Wildman–Crippen LogP) is 2.34. The maximum atomic E-state index is 13.1. The van der Waals surface area contributed by atoms with E-state index in [1.165, 1.54) is 12.1 Å². The minimum absolute atomic E-state index is 0.160. The number of nitrogens with one attached hydrogen (secondary N) is 1. The van der Waals surface area contributed by atoms with Crippen LogP contribution in [0, 0.1) is 11.7 Å². The van der Waals surface area contributed by atoms with Crippen molar-refractivity contribution in [3.8, 4) is 0 Å². The maximum Gasteiger partial charge on any atom is 0.320 e. The van der Waals surface area contributed by atoms with Crippen LogP contribution in [0.2, 0.25) is 0 Å². The van der Waals surface area contributed by atoms with Gasteiger partial charge in [-0.15, -0.1) is 0 Å². The molecule has 4 heteroatoms. The second-order valence-corrected chi connectivity index (χ2v) is 4.60. The van der Waals surface area contributed by atoms with E-state index in [4.69, 9.17) is 5.11 Å². The Hall–Kier alpha value is -1.42. The Morgan fingerprint density at radius 2 is 2.24 bits per heavy atom. The average molecular weight is 237 g/mol. The van der Waals surface area contributed by atoms with E-state index in [-0.39, 0.29) is 17.8 Å². The second-order valence-electron chi connectivity index (χ2n) is 4.60. The fourth-order valence-electron chi connectivity index (χ4n) is 1.98. The number of carboxylic acids is 1. The molecular formula is C13H16FNO2. The Labute approximate surface area is 99.7 Å². The Morgan fingerprint density at radius 1 is 1.53 bits per heavy atom. The Morgan fingerprint density at radius 3 is 2.76 bits per heavy atom. The summed E-state index contributed by atoms with van der Waals surface area (Å²) in [5.41, 5.74) is 0.775. The van der Waals surface area contributed by atoms with Gasteiger partial charge >= 0.3 is 5.97 Å². The molecule has 92 valence electrons. The molecule has 1 aliphatic carbocycles. The lowest BCUT2D eigenvalue weighted by atomic mass is 10.1. The van der Waals surface area contributed by atoms with Crippen molar-refractivity contribution in [3.05, 3.63) is 35.6 Å². The molecule has 1 unspecified atom stereocenters. The number of benzene rings is 1. The third-order valence-corrected chi connectivity index (χ3v) is 3.14. The van der Waals surface area contributed by atoms with Crippen molar-refractivity contribution in [2.45, 2.75) is 31.8 Å². The van der Waals surface area contributed by atoms with Crippen LogP contribution in [0.15, 0.2) is 24.3 Å². The van der Waals surface area contributed by atoms with Crippen molar-refractivity contribution in [1.29, 1.82) is 0 Å². The van der Waals surface area contributed by atoms with Crippen LogP contribution in [0.25, 0.3) is 0 Å². The van der Waals surface area contributed by atoms with E-state index in [1.54, 1.807) is 12.1 Å². The molecule has 17 heavy (non-hydrogen) atoms. The molecule has 1 aromatic carbocycles. The zero-order valence-electron chi connectivity index (χ0n) is 9.69. The normalized spacial score (nSPS) is 18.7. The summed E-state index contributed by atoms with van der Waals surface area (Å²) in [6.07, 6.45) is 1.92. The van der Waals surface area contributed by atoms with Gasteiger partial charge in [-0.2, -0.15) is 0 Å². The first kappa shape index (κ1) is 12.0. The number of aliphatic carboxylic acids is 1. The molecule has 2 rings (SSSR count). The number of halogens is 1. The summed E-state index contributed by atoms with van der Waals surface area (Å²) < 4.78 is 13.1. The van der Waals surface area contributed by atoms with Gasteiger partial charge in [-0.25, -0.2) is 4.39 Å². The first-order valence-corrected chi connectivity index (χ1v) is 5.82. The Balaban J connectivity index is 2.04. The van der Waals surface area contributed by atoms with Gasteiger partial charge in [0.1, 0.15) is 11.9 Å². The van der Waals surface area contributed by atoms with Crippen LogP contribution in [0.3, 0.4) is 0 Å². The highest BCUT2D eigenvalue weighted by Crippen LogP contribution is 2.33. The zero-order chi connectivity index (χ0) is 12.4. The van der Waals surface area contributed by atoms with Crippen LogP contribution in [0.4, 0.5) is 4.39 Å². The Kier molecular flexibility index (Phi) is 3.43. The first-order chi connectivity index (χ1) is 8.08. The molecule has 0 heterocycles. The van der Waals surface area contributed by atoms with Gasteiger partial charge in [0.2, 0.25) is 0 Å². The molecule has 1 fully saturated rings. The SMILES string of the molecule is C[C@H](NC(C(=O)O)C1CC1)c1cccc(F)c1. The van der Waals surface area contributed by atoms with Crippen LogP contribution in [0.1, 0.15) is 31.4 Å². The van der Waals surface area contributed by atoms with Crippen LogP contribution in [-0.2, 0) is 4.79 Å². The van der Waals surface area contributed by atoms with E-state index in [2.05, 4.69) is 5.32 Å². The number of hydrogen-bond donors (Lipinski definition) is 2. The van der Waals surface area contributed by atoms with Crippen LogP contribution < -0.4 is 5.32 Å². The highest BCUT2D eigenvalue weighted by atomic mass is 19.1. The molecule has 0 aromatic heterocycles. The molecule has 1 aromatic rings. The standard InChI is InChI=1S/C13H16FNO2/c1-8(10-3-2-4-11(14)7-10)15-12(13(16)17)9-5-6-9/h2-4,7-9,12,15H,5-6H2,1H3,(H,16,17)/t8-,12?/m0/s1. The smallest absolute Gasteiger partial charge is 0.320 e. The fraction of sp³-hybridized carbons (Fsp3) is 0.462. The molecule has 0 amide bonds. The van der Waals surface area contributed by atoms with Gasteiger partial charge in [0.05, 0.1) is 0 Å². The van der Waals surface area contributed by atoms with Gasteiger partial charge in [-0.05, 0) is 43.4 Å². The lowest BCUT2D eigenvalue weighted by molar-refractivity contribution is -0.140. The number of rotatable bonds is 5. The van der Waals surface area contributed by atoms with E-state index >= 15 is 0 Å². The molecule has 2 atom stereocenters. The minimum Gasteiger partial charge on any atom is -0.480 e. The molecule has 0 spiro atoms. The van der Waals surface area contributed by atoms with Gasteiger partial charge in [0.15, 0.2) is 0 Å². The van der Waals surface area contributed by atoms with E-state index in [9.17, 15) is 9.18 Å². The van der Waals surface area contributed by atoms with Crippen LogP contribution in [0.5, 0.6) is 0 Å². The summed E-state index contributed by atoms with van der Waals surface area (Å²) in [5, 5.41) is 12.2. The lowest BCUT2D eigenvalue weighted by Gasteiger charge is -2.20. The van der Waals surface area contributed by atoms with E-state index in [0.717, 1.165) is 18.4 Å². The molecule has 3 nitrogen and oxygen atoms in total. The summed E-state index contributed by atoms with van der Waals surface area (Å²) in [5.74, 6) is -0.895. The molecule has 0 aliphatic heterocycles. The van der Waals surface area contributed by atoms with Crippen molar-refractivity contribution in [3.63, 3.8) is 0 Å². The summed E-state index contributed by atoms with van der Waals surface area (Å²) in [4.78, 5) is 11.1. The quantitative estimate of drug-likeness (QED) is 0.826. The molecule has 1 saturated carbocycles. The van der Waals surface area contributed by atoms with Crippen molar-refractivity contribution < 1.29 is 14.3 Å². The minimum atomic E-state index is -0.823. The van der Waals surface area contributed by atoms with Crippen molar-refractivity contribution >= 4 is 5.97 Å². The summed E-state index contributed by atoms with van der Waals surface area (Å²) >= 11 is 0. The fourth-order valence-corrected chi connectivity index (χ4v) is 1.98. The summed E-state index contributed by atoms with van der Waals surface area (Å²) in [6.45, 7) is 1.85. The maximum absolute atomic E-state index is 13.1. The number of hydrogen-bond acceptors (Lipinski definition) is 2. The topological polar surface area (TPSA) is 49.3 Å². The molecule has 0 bridgehead atoms. The summed E-state index contributed by atoms with van der Waals surface area (Å²) in [6, 6.07) is 5.57. The zero-order valence-corrected chi connectivity index (χ0v) is 9.69. The predicted molar refractivity (Wildman–Crippen MR) is 62.1 cm³/mol. The van der Waals surface area contributed by atoms with Gasteiger partial charge in [0.25, 0.3) is 0 Å². The lowest BCUT2D eigenvalue weighted by Crippen LogP contribution is -2.40. The van der Waals surface area contributed by atoms with Gasteiger partial charge in [-0.3, -0.25) is 10.1 Å². The molecular weight excluding hydrogens is 221 g/mol. The van der Waals surface area contributed by atoms with Crippen LogP contribution >= 0.6 is 0 Å². The Bertz CT molecular complexity index is 418. The molecule has 1 aliphatic rings. The highest BCUT2D eigenvalue weighted by Gasteiger charge is 2.36. The molecule has 0 saturated heterocycles.